The molecule has 56 heavy (non-hydrogen) atoms. The summed E-state index contributed by atoms with van der Waals surface area (Å²) < 4.78 is 0. The van der Waals surface area contributed by atoms with Gasteiger partial charge in [-0.2, -0.15) is 0 Å². The van der Waals surface area contributed by atoms with Gasteiger partial charge in [0.1, 0.15) is 0 Å². The molecule has 4 aliphatic heterocycles. The van der Waals surface area contributed by atoms with Crippen molar-refractivity contribution in [1.82, 2.24) is 0 Å². The molecule has 5 heterocycles. The summed E-state index contributed by atoms with van der Waals surface area (Å²) in [6.45, 7) is 24.1. The average molecular weight is 764 g/mol. The van der Waals surface area contributed by atoms with Crippen molar-refractivity contribution in [2.24, 2.45) is 0 Å². The van der Waals surface area contributed by atoms with E-state index in [4.69, 9.17) is 0 Å². The molecule has 0 fully saturated rings. The third kappa shape index (κ3) is 6.20. The van der Waals surface area contributed by atoms with E-state index in [1.165, 1.54) is 67.2 Å². The third-order valence-electron chi connectivity index (χ3n) is 13.8. The van der Waals surface area contributed by atoms with Crippen LogP contribution in [0.25, 0.3) is 22.6 Å². The highest BCUT2D eigenvalue weighted by Gasteiger charge is 2.43. The fraction of sp³-hybridized carbons (Fsp3) is 0.400. The Morgan fingerprint density at radius 3 is 1.43 bits per heavy atom. The third-order valence-corrected chi connectivity index (χ3v) is 14.9. The number of thiophene rings is 1. The van der Waals surface area contributed by atoms with Crippen molar-refractivity contribution < 1.29 is 10.2 Å². The lowest BCUT2D eigenvalue weighted by Gasteiger charge is -2.49. The highest BCUT2D eigenvalue weighted by molar-refractivity contribution is 7.16. The Morgan fingerprint density at radius 1 is 0.518 bits per heavy atom. The molecule has 5 nitrogen and oxygen atoms in total. The van der Waals surface area contributed by atoms with Crippen LogP contribution >= 0.6 is 11.3 Å². The van der Waals surface area contributed by atoms with E-state index in [1.807, 2.05) is 6.08 Å². The predicted octanol–water partition coefficient (Wildman–Crippen LogP) is 12.8. The molecule has 0 radical (unpaired) electrons. The van der Waals surface area contributed by atoms with E-state index in [9.17, 15) is 10.2 Å². The number of hydrogen-bond donors (Lipinski definition) is 2. The molecule has 0 bridgehead atoms. The summed E-state index contributed by atoms with van der Waals surface area (Å²) >= 11 is 1.75. The van der Waals surface area contributed by atoms with E-state index >= 15 is 0 Å². The van der Waals surface area contributed by atoms with Gasteiger partial charge in [-0.05, 0) is 147 Å². The first-order valence-corrected chi connectivity index (χ1v) is 21.4. The highest BCUT2D eigenvalue weighted by Crippen LogP contribution is 2.55. The lowest BCUT2D eigenvalue weighted by Crippen LogP contribution is -2.45. The van der Waals surface area contributed by atoms with Gasteiger partial charge in [0.25, 0.3) is 0 Å². The first-order chi connectivity index (χ1) is 26.5. The van der Waals surface area contributed by atoms with Crippen LogP contribution < -0.4 is 14.7 Å². The maximum Gasteiger partial charge on any atom is 0.157 e. The number of anilines is 5. The quantitative estimate of drug-likeness (QED) is 0.169. The lowest BCUT2D eigenvalue weighted by atomic mass is 9.69. The molecule has 4 aliphatic rings. The van der Waals surface area contributed by atoms with Gasteiger partial charge >= 0.3 is 0 Å². The van der Waals surface area contributed by atoms with Gasteiger partial charge in [0.15, 0.2) is 11.5 Å². The number of nitrogens with zero attached hydrogens (tertiary/aromatic N) is 3. The molecule has 6 heteroatoms. The Labute approximate surface area is 337 Å². The topological polar surface area (TPSA) is 50.2 Å². The zero-order valence-electron chi connectivity index (χ0n) is 34.5. The maximum absolute atomic E-state index is 9.94. The van der Waals surface area contributed by atoms with Crippen LogP contribution in [0.5, 0.6) is 11.5 Å². The normalized spacial score (nSPS) is 19.8. The Bertz CT molecular complexity index is 2200. The standard InChI is InChI=1S/C50H57N3O2S/c1-47(2)19-23-51-24-20-48(3,4)39-29-35(28-38(47)45(39)51)53(36-30-40-46-41(31-36)50(7,8)22-26-52(46)25-21-49(40,5)6)34-13-11-33(12-14-34)44-18-16-37(56-44)15-9-32-10-17-42(54)43(55)27-32/h9-18,27-31,54-55H,19-26H2,1-8H3. The van der Waals surface area contributed by atoms with Crippen LogP contribution in [0.2, 0.25) is 0 Å². The zero-order chi connectivity index (χ0) is 39.4. The molecule has 4 aromatic carbocycles. The molecule has 0 spiro atoms. The van der Waals surface area contributed by atoms with Crippen LogP contribution in [-0.2, 0) is 21.7 Å². The molecule has 0 atom stereocenters. The molecule has 0 amide bonds. The van der Waals surface area contributed by atoms with Crippen LogP contribution in [0.15, 0.2) is 78.9 Å². The van der Waals surface area contributed by atoms with Crippen molar-refractivity contribution in [3.63, 3.8) is 0 Å². The molecule has 9 rings (SSSR count). The second-order valence-corrected chi connectivity index (χ2v) is 20.6. The van der Waals surface area contributed by atoms with Gasteiger partial charge in [0.2, 0.25) is 0 Å². The summed E-state index contributed by atoms with van der Waals surface area (Å²) in [6, 6.07) is 28.6. The number of aromatic hydroxyl groups is 2. The van der Waals surface area contributed by atoms with E-state index in [-0.39, 0.29) is 33.2 Å². The molecule has 1 aromatic heterocycles. The fourth-order valence-corrected chi connectivity index (χ4v) is 10.7. The van der Waals surface area contributed by atoms with Crippen molar-refractivity contribution in [3.05, 3.63) is 112 Å². The van der Waals surface area contributed by atoms with E-state index in [1.54, 1.807) is 23.5 Å². The van der Waals surface area contributed by atoms with E-state index in [0.717, 1.165) is 62.3 Å². The van der Waals surface area contributed by atoms with Crippen molar-refractivity contribution in [2.45, 2.75) is 103 Å². The van der Waals surface area contributed by atoms with Crippen LogP contribution in [0, 0.1) is 0 Å². The van der Waals surface area contributed by atoms with Gasteiger partial charge in [-0.1, -0.05) is 79.7 Å². The second kappa shape index (κ2) is 12.9. The lowest BCUT2D eigenvalue weighted by molar-refractivity contribution is 0.401. The summed E-state index contributed by atoms with van der Waals surface area (Å²) in [4.78, 5) is 10.3. The summed E-state index contributed by atoms with van der Waals surface area (Å²) in [5.74, 6) is -0.217. The largest absolute Gasteiger partial charge is 0.504 e. The Morgan fingerprint density at radius 2 is 0.982 bits per heavy atom. The van der Waals surface area contributed by atoms with Gasteiger partial charge in [0.05, 0.1) is 0 Å². The van der Waals surface area contributed by atoms with Crippen molar-refractivity contribution in [3.8, 4) is 21.9 Å². The Hall–Kier alpha value is -4.68. The predicted molar refractivity (Wildman–Crippen MR) is 238 cm³/mol. The molecule has 290 valence electrons. The fourth-order valence-electron chi connectivity index (χ4n) is 9.75. The Balaban J connectivity index is 1.18. The molecule has 2 N–H and O–H groups in total. The number of rotatable bonds is 6. The molecular formula is C50H57N3O2S. The van der Waals surface area contributed by atoms with Crippen molar-refractivity contribution in [1.29, 1.82) is 0 Å². The summed E-state index contributed by atoms with van der Waals surface area (Å²) in [5, 5.41) is 19.7. The van der Waals surface area contributed by atoms with Gasteiger partial charge in [0, 0.05) is 64.4 Å². The molecule has 5 aromatic rings. The van der Waals surface area contributed by atoms with E-state index in [2.05, 4.69) is 137 Å². The maximum atomic E-state index is 9.94. The smallest absolute Gasteiger partial charge is 0.157 e. The van der Waals surface area contributed by atoms with Crippen LogP contribution in [0.4, 0.5) is 28.4 Å². The number of benzene rings is 4. The first kappa shape index (κ1) is 36.9. The first-order valence-electron chi connectivity index (χ1n) is 20.6. The van der Waals surface area contributed by atoms with E-state index < -0.39 is 0 Å². The molecule has 0 saturated heterocycles. The summed E-state index contributed by atoms with van der Waals surface area (Å²) in [5.41, 5.74) is 15.0. The second-order valence-electron chi connectivity index (χ2n) is 19.5. The average Bonchev–Trinajstić information content (AvgIpc) is 3.63. The van der Waals surface area contributed by atoms with Crippen LogP contribution in [0.1, 0.15) is 114 Å². The number of phenolic OH excluding ortho intramolecular Hbond substituents is 2. The minimum atomic E-state index is -0.110. The van der Waals surface area contributed by atoms with E-state index in [0.29, 0.717) is 0 Å². The summed E-state index contributed by atoms with van der Waals surface area (Å²) in [7, 11) is 0. The molecular weight excluding hydrogens is 707 g/mol. The molecule has 0 aliphatic carbocycles. The number of phenols is 2. The Kier molecular flexibility index (Phi) is 8.52. The number of hydrogen-bond acceptors (Lipinski definition) is 6. The summed E-state index contributed by atoms with van der Waals surface area (Å²) in [6.07, 6.45) is 8.68. The monoisotopic (exact) mass is 763 g/mol. The van der Waals surface area contributed by atoms with Crippen molar-refractivity contribution >= 4 is 51.9 Å². The molecule has 0 unspecified atom stereocenters. The molecule has 0 saturated carbocycles. The van der Waals surface area contributed by atoms with Gasteiger partial charge < -0.3 is 24.9 Å². The van der Waals surface area contributed by atoms with Crippen LogP contribution in [0.3, 0.4) is 0 Å². The SMILES string of the molecule is CC1(C)CCN2CCC(C)(C)c3cc(N(c4ccc(-c5ccc(C=Cc6ccc(O)c(O)c6)s5)cc4)c4cc5c6c(c4)C(C)(C)CCN6CCC5(C)C)cc1c32. The highest BCUT2D eigenvalue weighted by atomic mass is 32.1. The van der Waals surface area contributed by atoms with Crippen molar-refractivity contribution in [2.75, 3.05) is 40.9 Å². The van der Waals surface area contributed by atoms with Gasteiger partial charge in [-0.15, -0.1) is 11.3 Å². The minimum Gasteiger partial charge on any atom is -0.504 e. The van der Waals surface area contributed by atoms with Gasteiger partial charge in [-0.25, -0.2) is 0 Å². The minimum absolute atomic E-state index is 0.0832. The van der Waals surface area contributed by atoms with Gasteiger partial charge in [-0.3, -0.25) is 0 Å². The van der Waals surface area contributed by atoms with Crippen LogP contribution in [-0.4, -0.2) is 36.4 Å². The zero-order valence-corrected chi connectivity index (χ0v) is 35.3.